The van der Waals surface area contributed by atoms with Crippen LogP contribution in [0.2, 0.25) is 0 Å². The van der Waals surface area contributed by atoms with Crippen molar-refractivity contribution < 1.29 is 48.1 Å². The highest BCUT2D eigenvalue weighted by Crippen LogP contribution is 2.30. The van der Waals surface area contributed by atoms with Crippen molar-refractivity contribution in [1.82, 2.24) is 0 Å². The van der Waals surface area contributed by atoms with Gasteiger partial charge in [-0.15, -0.1) is 0 Å². The maximum absolute atomic E-state index is 12.3. The summed E-state index contributed by atoms with van der Waals surface area (Å²) < 4.78 is 20.4. The minimum Gasteiger partial charge on any atom is -0.496 e. The summed E-state index contributed by atoms with van der Waals surface area (Å²) in [5.41, 5.74) is -0.0443. The highest BCUT2D eigenvalue weighted by atomic mass is 17.3. The molecule has 0 N–H and O–H groups in total. The van der Waals surface area contributed by atoms with E-state index in [0.29, 0.717) is 0 Å². The van der Waals surface area contributed by atoms with Gasteiger partial charge in [0.25, 0.3) is 0 Å². The first-order valence-electron chi connectivity index (χ1n) is 8.35. The molecule has 160 valence electrons. The molecule has 0 aliphatic carbocycles. The molecule has 0 amide bonds. The first-order valence-corrected chi connectivity index (χ1v) is 8.35. The molecule has 0 atom stereocenters. The fraction of sp³-hybridized carbons (Fsp3) is 0.200. The zero-order valence-corrected chi connectivity index (χ0v) is 16.8. The summed E-state index contributed by atoms with van der Waals surface area (Å²) in [5, 5.41) is 0. The van der Waals surface area contributed by atoms with Gasteiger partial charge in [-0.25, -0.2) is 29.1 Å². The van der Waals surface area contributed by atoms with Crippen molar-refractivity contribution in [3.05, 3.63) is 60.0 Å². The van der Waals surface area contributed by atoms with Crippen LogP contribution in [0.25, 0.3) is 0 Å². The molecule has 0 aliphatic rings. The van der Waals surface area contributed by atoms with Crippen LogP contribution in [0.4, 0.5) is 0 Å². The highest BCUT2D eigenvalue weighted by Gasteiger charge is 2.24. The fourth-order valence-corrected chi connectivity index (χ4v) is 2.37. The summed E-state index contributed by atoms with van der Waals surface area (Å²) >= 11 is 0. The van der Waals surface area contributed by atoms with Crippen molar-refractivity contribution in [2.24, 2.45) is 0 Å². The van der Waals surface area contributed by atoms with Gasteiger partial charge in [0.05, 0.1) is 28.4 Å². The zero-order valence-electron chi connectivity index (χ0n) is 16.8. The number of methoxy groups -OCH3 is 4. The first kappa shape index (κ1) is 22.2. The molecule has 0 unspecified atom stereocenters. The average Bonchev–Trinajstić information content (AvgIpc) is 2.79. The number of hydrogen-bond donors (Lipinski definition) is 0. The molecule has 0 spiro atoms. The van der Waals surface area contributed by atoms with E-state index in [1.807, 2.05) is 0 Å². The van der Waals surface area contributed by atoms with E-state index in [4.69, 9.17) is 18.9 Å². The van der Waals surface area contributed by atoms with E-state index in [0.717, 1.165) is 0 Å². The Morgan fingerprint density at radius 2 is 0.900 bits per heavy atom. The largest absolute Gasteiger partial charge is 0.496 e. The monoisotopic (exact) mass is 420 g/mol. The van der Waals surface area contributed by atoms with Crippen molar-refractivity contribution in [1.29, 1.82) is 0 Å². The van der Waals surface area contributed by atoms with E-state index in [-0.39, 0.29) is 34.1 Å². The third kappa shape index (κ3) is 5.04. The van der Waals surface area contributed by atoms with Crippen LogP contribution in [0.3, 0.4) is 0 Å². The van der Waals surface area contributed by atoms with Crippen molar-refractivity contribution in [2.45, 2.75) is 0 Å². The quantitative estimate of drug-likeness (QED) is 0.323. The number of hydrogen-bond acceptors (Lipinski definition) is 10. The molecular weight excluding hydrogens is 400 g/mol. The predicted octanol–water partition coefficient (Wildman–Crippen LogP) is 3.07. The standard InChI is InChI=1S/C20H20O10/c1-12(27-29-19(21)17-13(23-2)8-6-9-14(17)24-3)28-30-20(22)18-15(25-4)10-7-11-16(18)26-5/h6-11H,1H2,2-5H3. The summed E-state index contributed by atoms with van der Waals surface area (Å²) in [7, 11) is 5.50. The molecule has 0 bridgehead atoms. The Kier molecular flexibility index (Phi) is 7.74. The van der Waals surface area contributed by atoms with Crippen molar-refractivity contribution in [2.75, 3.05) is 28.4 Å². The second-order valence-electron chi connectivity index (χ2n) is 5.36. The van der Waals surface area contributed by atoms with E-state index in [2.05, 4.69) is 26.1 Å². The summed E-state index contributed by atoms with van der Waals surface area (Å²) in [5.74, 6) is -1.74. The van der Waals surface area contributed by atoms with Crippen LogP contribution < -0.4 is 18.9 Å². The summed E-state index contributed by atoms with van der Waals surface area (Å²) in [6.07, 6.45) is 0. The molecule has 2 aromatic rings. The van der Waals surface area contributed by atoms with Crippen LogP contribution in [0.1, 0.15) is 20.7 Å². The maximum Gasteiger partial charge on any atom is 0.393 e. The summed E-state index contributed by atoms with van der Waals surface area (Å²) in [6, 6.07) is 9.39. The van der Waals surface area contributed by atoms with Gasteiger partial charge >= 0.3 is 17.9 Å². The molecule has 0 saturated heterocycles. The smallest absolute Gasteiger partial charge is 0.393 e. The Morgan fingerprint density at radius 1 is 0.600 bits per heavy atom. The first-order chi connectivity index (χ1) is 14.5. The van der Waals surface area contributed by atoms with Gasteiger partial charge in [-0.2, -0.15) is 0 Å². The van der Waals surface area contributed by atoms with E-state index in [1.165, 1.54) is 52.7 Å². The number of rotatable bonds is 10. The molecule has 2 aromatic carbocycles. The van der Waals surface area contributed by atoms with Gasteiger partial charge in [0.2, 0.25) is 0 Å². The fourth-order valence-electron chi connectivity index (χ4n) is 2.37. The molecule has 10 nitrogen and oxygen atoms in total. The Bertz CT molecular complexity index is 804. The minimum absolute atomic E-state index is 0.0222. The third-order valence-corrected chi connectivity index (χ3v) is 3.68. The van der Waals surface area contributed by atoms with Crippen LogP contribution in [0.15, 0.2) is 48.9 Å². The topological polar surface area (TPSA) is 108 Å². The molecule has 2 rings (SSSR count). The molecule has 0 aliphatic heterocycles. The molecular formula is C20H20O10. The van der Waals surface area contributed by atoms with E-state index < -0.39 is 17.9 Å². The Labute approximate surface area is 172 Å². The van der Waals surface area contributed by atoms with Gasteiger partial charge < -0.3 is 18.9 Å². The highest BCUT2D eigenvalue weighted by molar-refractivity contribution is 5.96. The predicted molar refractivity (Wildman–Crippen MR) is 101 cm³/mol. The van der Waals surface area contributed by atoms with Crippen LogP contribution in [0.5, 0.6) is 23.0 Å². The Hall–Kier alpha value is -4.08. The Balaban J connectivity index is 1.98. The lowest BCUT2D eigenvalue weighted by molar-refractivity contribution is -0.317. The number of ether oxygens (including phenoxy) is 4. The van der Waals surface area contributed by atoms with Gasteiger partial charge in [-0.05, 0) is 30.8 Å². The van der Waals surface area contributed by atoms with Gasteiger partial charge in [0.15, 0.2) is 0 Å². The van der Waals surface area contributed by atoms with Gasteiger partial charge in [0.1, 0.15) is 34.1 Å². The zero-order chi connectivity index (χ0) is 22.1. The maximum atomic E-state index is 12.3. The normalized spacial score (nSPS) is 9.73. The molecule has 0 aromatic heterocycles. The van der Waals surface area contributed by atoms with Crippen LogP contribution in [-0.4, -0.2) is 40.4 Å². The number of carbonyl (C=O) groups excluding carboxylic acids is 2. The lowest BCUT2D eigenvalue weighted by Gasteiger charge is -2.13. The second-order valence-corrected chi connectivity index (χ2v) is 5.36. The van der Waals surface area contributed by atoms with Crippen molar-refractivity contribution in [3.63, 3.8) is 0 Å². The SMILES string of the molecule is C=C(OOC(=O)c1c(OC)cccc1OC)OOC(=O)c1c(OC)cccc1OC. The summed E-state index contributed by atoms with van der Waals surface area (Å²) in [6.45, 7) is 3.33. The molecule has 30 heavy (non-hydrogen) atoms. The van der Waals surface area contributed by atoms with Crippen LogP contribution in [-0.2, 0) is 19.6 Å². The molecule has 0 heterocycles. The number of benzene rings is 2. The molecule has 0 saturated carbocycles. The lowest BCUT2D eigenvalue weighted by Crippen LogP contribution is -2.13. The van der Waals surface area contributed by atoms with E-state index in [1.54, 1.807) is 12.1 Å². The molecule has 10 heteroatoms. The van der Waals surface area contributed by atoms with E-state index >= 15 is 0 Å². The van der Waals surface area contributed by atoms with Gasteiger partial charge in [-0.1, -0.05) is 12.1 Å². The third-order valence-electron chi connectivity index (χ3n) is 3.68. The van der Waals surface area contributed by atoms with Gasteiger partial charge in [-0.3, -0.25) is 0 Å². The number of carbonyl (C=O) groups is 2. The average molecular weight is 420 g/mol. The Morgan fingerprint density at radius 3 is 1.17 bits per heavy atom. The molecule has 0 fully saturated rings. The minimum atomic E-state index is -0.952. The van der Waals surface area contributed by atoms with Crippen LogP contribution >= 0.6 is 0 Å². The second kappa shape index (κ2) is 10.5. The van der Waals surface area contributed by atoms with Crippen molar-refractivity contribution >= 4 is 11.9 Å². The van der Waals surface area contributed by atoms with Crippen molar-refractivity contribution in [3.8, 4) is 23.0 Å². The lowest BCUT2D eigenvalue weighted by atomic mass is 10.2. The van der Waals surface area contributed by atoms with Gasteiger partial charge in [0, 0.05) is 0 Å². The molecule has 0 radical (unpaired) electrons. The summed E-state index contributed by atoms with van der Waals surface area (Å²) in [4.78, 5) is 43.1. The van der Waals surface area contributed by atoms with Crippen LogP contribution in [0, 0.1) is 0 Å². The van der Waals surface area contributed by atoms with E-state index in [9.17, 15) is 9.59 Å².